The molecular formula is C16H24N2O2. The van der Waals surface area contributed by atoms with Crippen molar-refractivity contribution in [1.82, 2.24) is 9.80 Å². The van der Waals surface area contributed by atoms with Crippen molar-refractivity contribution in [3.63, 3.8) is 0 Å². The molecule has 1 aromatic rings. The molecule has 0 saturated carbocycles. The van der Waals surface area contributed by atoms with Crippen LogP contribution in [0.15, 0.2) is 24.3 Å². The van der Waals surface area contributed by atoms with Crippen LogP contribution >= 0.6 is 0 Å². The van der Waals surface area contributed by atoms with E-state index in [9.17, 15) is 4.79 Å². The van der Waals surface area contributed by atoms with Gasteiger partial charge in [0.05, 0.1) is 19.2 Å². The summed E-state index contributed by atoms with van der Waals surface area (Å²) in [6, 6.07) is 8.39. The fourth-order valence-electron chi connectivity index (χ4n) is 2.81. The van der Waals surface area contributed by atoms with Crippen LogP contribution in [0, 0.1) is 0 Å². The lowest BCUT2D eigenvalue weighted by Gasteiger charge is -2.42. The summed E-state index contributed by atoms with van der Waals surface area (Å²) >= 11 is 0. The number of carbonyl (C=O) groups is 1. The summed E-state index contributed by atoms with van der Waals surface area (Å²) in [5.74, 6) is 0.791. The van der Waals surface area contributed by atoms with Gasteiger partial charge >= 0.3 is 0 Å². The van der Waals surface area contributed by atoms with Crippen LogP contribution in [-0.4, -0.2) is 61.5 Å². The Morgan fingerprint density at radius 3 is 2.45 bits per heavy atom. The fraction of sp³-hybridized carbons (Fsp3) is 0.562. The molecule has 1 fully saturated rings. The Labute approximate surface area is 121 Å². The quantitative estimate of drug-likeness (QED) is 0.786. The highest BCUT2D eigenvalue weighted by Gasteiger charge is 2.28. The van der Waals surface area contributed by atoms with E-state index < -0.39 is 0 Å². The van der Waals surface area contributed by atoms with Gasteiger partial charge in [-0.15, -0.1) is 0 Å². The lowest BCUT2D eigenvalue weighted by molar-refractivity contribution is 0.0548. The first-order valence-corrected chi connectivity index (χ1v) is 7.13. The highest BCUT2D eigenvalue weighted by atomic mass is 16.5. The SMILES string of the molecule is COc1ccccc1C(=O)CN1CC(C)N(C)C(C)C1. The number of hydrogen-bond acceptors (Lipinski definition) is 4. The highest BCUT2D eigenvalue weighted by Crippen LogP contribution is 2.19. The van der Waals surface area contributed by atoms with E-state index in [-0.39, 0.29) is 5.78 Å². The monoisotopic (exact) mass is 276 g/mol. The number of piperazine rings is 1. The zero-order valence-corrected chi connectivity index (χ0v) is 12.8. The predicted octanol–water partition coefficient (Wildman–Crippen LogP) is 1.90. The van der Waals surface area contributed by atoms with Gasteiger partial charge in [-0.25, -0.2) is 0 Å². The minimum Gasteiger partial charge on any atom is -0.496 e. The first-order valence-electron chi connectivity index (χ1n) is 7.13. The summed E-state index contributed by atoms with van der Waals surface area (Å²) in [7, 11) is 3.75. The van der Waals surface area contributed by atoms with Gasteiger partial charge in [0.1, 0.15) is 5.75 Å². The van der Waals surface area contributed by atoms with Crippen molar-refractivity contribution >= 4 is 5.78 Å². The molecule has 20 heavy (non-hydrogen) atoms. The number of nitrogens with zero attached hydrogens (tertiary/aromatic N) is 2. The van der Waals surface area contributed by atoms with E-state index in [0.29, 0.717) is 29.9 Å². The molecule has 1 aliphatic rings. The average Bonchev–Trinajstić information content (AvgIpc) is 2.44. The molecule has 0 amide bonds. The van der Waals surface area contributed by atoms with Gasteiger partial charge in [0.2, 0.25) is 0 Å². The van der Waals surface area contributed by atoms with Gasteiger partial charge in [-0.3, -0.25) is 14.6 Å². The Kier molecular flexibility index (Phi) is 4.78. The van der Waals surface area contributed by atoms with Crippen molar-refractivity contribution in [3.8, 4) is 5.75 Å². The Morgan fingerprint density at radius 2 is 1.85 bits per heavy atom. The summed E-state index contributed by atoms with van der Waals surface area (Å²) in [4.78, 5) is 17.1. The second-order valence-electron chi connectivity index (χ2n) is 5.68. The largest absolute Gasteiger partial charge is 0.496 e. The van der Waals surface area contributed by atoms with Crippen molar-refractivity contribution < 1.29 is 9.53 Å². The topological polar surface area (TPSA) is 32.8 Å². The van der Waals surface area contributed by atoms with Gasteiger partial charge in [-0.2, -0.15) is 0 Å². The molecule has 0 bridgehead atoms. The number of ether oxygens (including phenoxy) is 1. The first kappa shape index (κ1) is 15.0. The molecule has 2 rings (SSSR count). The van der Waals surface area contributed by atoms with Crippen molar-refractivity contribution in [2.75, 3.05) is 33.8 Å². The van der Waals surface area contributed by atoms with Gasteiger partial charge in [-0.05, 0) is 33.0 Å². The maximum absolute atomic E-state index is 12.5. The van der Waals surface area contributed by atoms with Crippen LogP contribution in [0.25, 0.3) is 0 Å². The second-order valence-corrected chi connectivity index (χ2v) is 5.68. The van der Waals surface area contributed by atoms with Crippen LogP contribution < -0.4 is 4.74 Å². The van der Waals surface area contributed by atoms with Crippen molar-refractivity contribution in [2.24, 2.45) is 0 Å². The standard InChI is InChI=1S/C16H24N2O2/c1-12-9-18(10-13(2)17(12)3)11-15(19)14-7-5-6-8-16(14)20-4/h5-8,12-13H,9-11H2,1-4H3. The Morgan fingerprint density at radius 1 is 1.25 bits per heavy atom. The third-order valence-electron chi connectivity index (χ3n) is 4.21. The molecule has 0 aliphatic carbocycles. The van der Waals surface area contributed by atoms with Crippen molar-refractivity contribution in [3.05, 3.63) is 29.8 Å². The van der Waals surface area contributed by atoms with Gasteiger partial charge in [0.15, 0.2) is 5.78 Å². The number of methoxy groups -OCH3 is 1. The molecule has 1 heterocycles. The molecule has 0 aromatic heterocycles. The van der Waals surface area contributed by atoms with Gasteiger partial charge in [0.25, 0.3) is 0 Å². The summed E-state index contributed by atoms with van der Waals surface area (Å²) in [6.07, 6.45) is 0. The highest BCUT2D eigenvalue weighted by molar-refractivity contribution is 6.00. The molecule has 0 radical (unpaired) electrons. The molecule has 0 spiro atoms. The molecule has 4 heteroatoms. The zero-order valence-electron chi connectivity index (χ0n) is 12.8. The average molecular weight is 276 g/mol. The number of benzene rings is 1. The van der Waals surface area contributed by atoms with Crippen molar-refractivity contribution in [1.29, 1.82) is 0 Å². The number of Topliss-reactive ketones (excluding diaryl/α,β-unsaturated/α-hetero) is 1. The van der Waals surface area contributed by atoms with Gasteiger partial charge in [-0.1, -0.05) is 12.1 Å². The summed E-state index contributed by atoms with van der Waals surface area (Å²) in [6.45, 7) is 6.73. The van der Waals surface area contributed by atoms with Crippen LogP contribution in [0.4, 0.5) is 0 Å². The zero-order chi connectivity index (χ0) is 14.7. The third-order valence-corrected chi connectivity index (χ3v) is 4.21. The van der Waals surface area contributed by atoms with Crippen LogP contribution in [0.2, 0.25) is 0 Å². The smallest absolute Gasteiger partial charge is 0.180 e. The number of hydrogen-bond donors (Lipinski definition) is 0. The number of carbonyl (C=O) groups excluding carboxylic acids is 1. The van der Waals surface area contributed by atoms with E-state index in [1.807, 2.05) is 24.3 Å². The minimum absolute atomic E-state index is 0.131. The molecule has 4 nitrogen and oxygen atoms in total. The molecule has 1 saturated heterocycles. The number of rotatable bonds is 4. The molecule has 2 unspecified atom stereocenters. The maximum atomic E-state index is 12.5. The number of para-hydroxylation sites is 1. The molecule has 0 N–H and O–H groups in total. The molecule has 1 aromatic carbocycles. The molecule has 2 atom stereocenters. The van der Waals surface area contributed by atoms with E-state index >= 15 is 0 Å². The predicted molar refractivity (Wildman–Crippen MR) is 80.5 cm³/mol. The second kappa shape index (κ2) is 6.37. The maximum Gasteiger partial charge on any atom is 0.180 e. The molecule has 110 valence electrons. The Hall–Kier alpha value is -1.39. The fourth-order valence-corrected chi connectivity index (χ4v) is 2.81. The normalized spacial score (nSPS) is 24.6. The van der Waals surface area contributed by atoms with E-state index in [2.05, 4.69) is 30.7 Å². The van der Waals surface area contributed by atoms with Crippen LogP contribution in [-0.2, 0) is 0 Å². The van der Waals surface area contributed by atoms with E-state index in [0.717, 1.165) is 13.1 Å². The van der Waals surface area contributed by atoms with Gasteiger partial charge in [0, 0.05) is 25.2 Å². The van der Waals surface area contributed by atoms with E-state index in [4.69, 9.17) is 4.74 Å². The van der Waals surface area contributed by atoms with Gasteiger partial charge < -0.3 is 4.74 Å². The Balaban J connectivity index is 2.05. The number of likely N-dealkylation sites (N-methyl/N-ethyl adjacent to an activating group) is 1. The van der Waals surface area contributed by atoms with Crippen LogP contribution in [0.3, 0.4) is 0 Å². The third kappa shape index (κ3) is 3.19. The van der Waals surface area contributed by atoms with Crippen LogP contribution in [0.1, 0.15) is 24.2 Å². The lowest BCUT2D eigenvalue weighted by Crippen LogP contribution is -2.55. The van der Waals surface area contributed by atoms with Crippen LogP contribution in [0.5, 0.6) is 5.75 Å². The summed E-state index contributed by atoms with van der Waals surface area (Å²) in [5.41, 5.74) is 0.675. The lowest BCUT2D eigenvalue weighted by atomic mass is 10.1. The Bertz CT molecular complexity index is 463. The first-order chi connectivity index (χ1) is 9.52. The minimum atomic E-state index is 0.131. The van der Waals surface area contributed by atoms with E-state index in [1.165, 1.54) is 0 Å². The summed E-state index contributed by atoms with van der Waals surface area (Å²) in [5, 5.41) is 0. The van der Waals surface area contributed by atoms with Crippen molar-refractivity contribution in [2.45, 2.75) is 25.9 Å². The molecule has 1 aliphatic heterocycles. The van der Waals surface area contributed by atoms with E-state index in [1.54, 1.807) is 7.11 Å². The molecular weight excluding hydrogens is 252 g/mol. The number of ketones is 1. The summed E-state index contributed by atoms with van der Waals surface area (Å²) < 4.78 is 5.27.